The first-order chi connectivity index (χ1) is 13.2. The van der Waals surface area contributed by atoms with Crippen LogP contribution in [0.4, 0.5) is 20.9 Å². The van der Waals surface area contributed by atoms with E-state index >= 15 is 0 Å². The van der Waals surface area contributed by atoms with Crippen molar-refractivity contribution in [2.75, 3.05) is 23.8 Å². The highest BCUT2D eigenvalue weighted by molar-refractivity contribution is 14.1. The summed E-state index contributed by atoms with van der Waals surface area (Å²) in [5.74, 6) is -0.312. The van der Waals surface area contributed by atoms with E-state index in [0.29, 0.717) is 11.4 Å². The van der Waals surface area contributed by atoms with Crippen molar-refractivity contribution in [2.24, 2.45) is 0 Å². The molecule has 27 heavy (non-hydrogen) atoms. The quantitative estimate of drug-likeness (QED) is 0.482. The number of rotatable bonds is 6. The minimum Gasteiger partial charge on any atom is -0.376 e. The maximum Gasteiger partial charge on any atom is 0.206 e. The molecule has 9 heteroatoms. The van der Waals surface area contributed by atoms with Gasteiger partial charge in [-0.2, -0.15) is 0 Å². The van der Waals surface area contributed by atoms with E-state index in [4.69, 9.17) is 4.74 Å². The van der Waals surface area contributed by atoms with Crippen LogP contribution < -0.4 is 10.6 Å². The van der Waals surface area contributed by atoms with Gasteiger partial charge in [0.15, 0.2) is 5.01 Å². The third-order valence-corrected chi connectivity index (χ3v) is 5.77. The lowest BCUT2D eigenvalue weighted by atomic mass is 10.2. The highest BCUT2D eigenvalue weighted by atomic mass is 127. The van der Waals surface area contributed by atoms with Gasteiger partial charge in [0, 0.05) is 28.5 Å². The second-order valence-electron chi connectivity index (χ2n) is 6.10. The number of nitrogens with one attached hydrogen (secondary N) is 2. The van der Waals surface area contributed by atoms with Gasteiger partial charge in [0.2, 0.25) is 5.13 Å². The van der Waals surface area contributed by atoms with Crippen LogP contribution in [-0.4, -0.2) is 34.4 Å². The third kappa shape index (κ3) is 4.53. The monoisotopic (exact) mass is 497 g/mol. The van der Waals surface area contributed by atoms with Gasteiger partial charge in [-0.25, -0.2) is 4.39 Å². The molecule has 1 atom stereocenters. The van der Waals surface area contributed by atoms with Crippen LogP contribution in [0.5, 0.6) is 0 Å². The Morgan fingerprint density at radius 3 is 3.00 bits per heavy atom. The summed E-state index contributed by atoms with van der Waals surface area (Å²) in [5.41, 5.74) is 1.90. The number of halogens is 2. The highest BCUT2D eigenvalue weighted by Crippen LogP contribution is 2.33. The molecule has 1 unspecified atom stereocenters. The van der Waals surface area contributed by atoms with E-state index < -0.39 is 0 Å². The van der Waals surface area contributed by atoms with Gasteiger partial charge in [0.1, 0.15) is 5.82 Å². The van der Waals surface area contributed by atoms with Gasteiger partial charge in [-0.3, -0.25) is 4.98 Å². The van der Waals surface area contributed by atoms with E-state index in [1.54, 1.807) is 18.5 Å². The molecule has 2 N–H and O–H groups in total. The lowest BCUT2D eigenvalue weighted by Gasteiger charge is -2.10. The average Bonchev–Trinajstić information content (AvgIpc) is 3.34. The lowest BCUT2D eigenvalue weighted by molar-refractivity contribution is 0.120. The van der Waals surface area contributed by atoms with E-state index in [2.05, 4.69) is 48.4 Å². The maximum atomic E-state index is 14.2. The zero-order valence-electron chi connectivity index (χ0n) is 14.3. The molecule has 0 radical (unpaired) electrons. The van der Waals surface area contributed by atoms with Crippen LogP contribution in [0.3, 0.4) is 0 Å². The molecule has 0 spiro atoms. The van der Waals surface area contributed by atoms with Crippen molar-refractivity contribution in [1.82, 2.24) is 15.2 Å². The molecule has 3 aromatic rings. The molecule has 0 aliphatic carbocycles. The first-order valence-electron chi connectivity index (χ1n) is 8.54. The molecule has 1 saturated heterocycles. The summed E-state index contributed by atoms with van der Waals surface area (Å²) in [4.78, 5) is 4.15. The largest absolute Gasteiger partial charge is 0.376 e. The summed E-state index contributed by atoms with van der Waals surface area (Å²) in [6, 6.07) is 6.89. The molecule has 6 nitrogen and oxygen atoms in total. The number of ether oxygens (including phenoxy) is 1. The van der Waals surface area contributed by atoms with Gasteiger partial charge in [-0.1, -0.05) is 11.3 Å². The molecule has 0 amide bonds. The van der Waals surface area contributed by atoms with Gasteiger partial charge in [0.05, 0.1) is 23.7 Å². The predicted octanol–water partition coefficient (Wildman–Crippen LogP) is 4.68. The van der Waals surface area contributed by atoms with Gasteiger partial charge in [-0.15, -0.1) is 10.2 Å². The van der Waals surface area contributed by atoms with Gasteiger partial charge < -0.3 is 15.4 Å². The molecule has 0 saturated carbocycles. The van der Waals surface area contributed by atoms with E-state index in [0.717, 1.165) is 45.3 Å². The second kappa shape index (κ2) is 8.44. The second-order valence-corrected chi connectivity index (χ2v) is 8.32. The van der Waals surface area contributed by atoms with Crippen LogP contribution in [0.15, 0.2) is 36.7 Å². The lowest BCUT2D eigenvalue weighted by Crippen LogP contribution is -2.18. The number of pyridine rings is 1. The van der Waals surface area contributed by atoms with Crippen molar-refractivity contribution in [3.8, 4) is 10.6 Å². The third-order valence-electron chi connectivity index (χ3n) is 4.18. The van der Waals surface area contributed by atoms with Gasteiger partial charge in [0.25, 0.3) is 0 Å². The molecule has 2 aromatic heterocycles. The number of hydrogen-bond acceptors (Lipinski definition) is 7. The van der Waals surface area contributed by atoms with E-state index in [1.165, 1.54) is 17.4 Å². The number of hydrogen-bond donors (Lipinski definition) is 2. The van der Waals surface area contributed by atoms with Gasteiger partial charge >= 0.3 is 0 Å². The standard InChI is InChI=1S/C18H17FIN5OS/c19-14-8-11(20)3-4-15(14)23-16-10-21-6-5-13(16)17-24-25-18(27-17)22-9-12-2-1-7-26-12/h3-6,8,10,12,23H,1-2,7,9H2,(H,22,25). The summed E-state index contributed by atoms with van der Waals surface area (Å²) in [6.07, 6.45) is 5.76. The average molecular weight is 497 g/mol. The first kappa shape index (κ1) is 18.5. The van der Waals surface area contributed by atoms with Crippen molar-refractivity contribution in [2.45, 2.75) is 18.9 Å². The maximum absolute atomic E-state index is 14.2. The topological polar surface area (TPSA) is 72.0 Å². The van der Waals surface area contributed by atoms with Crippen molar-refractivity contribution in [3.63, 3.8) is 0 Å². The molecule has 1 aliphatic rings. The van der Waals surface area contributed by atoms with Gasteiger partial charge in [-0.05, 0) is 59.7 Å². The van der Waals surface area contributed by atoms with Crippen LogP contribution in [0.2, 0.25) is 0 Å². The van der Waals surface area contributed by atoms with Crippen molar-refractivity contribution < 1.29 is 9.13 Å². The first-order valence-corrected chi connectivity index (χ1v) is 10.4. The summed E-state index contributed by atoms with van der Waals surface area (Å²) in [6.45, 7) is 1.55. The fourth-order valence-corrected chi connectivity index (χ4v) is 4.07. The Morgan fingerprint density at radius 2 is 2.19 bits per heavy atom. The summed E-state index contributed by atoms with van der Waals surface area (Å²) in [7, 11) is 0. The number of aromatic nitrogens is 3. The summed E-state index contributed by atoms with van der Waals surface area (Å²) >= 11 is 3.53. The van der Waals surface area contributed by atoms with Crippen molar-refractivity contribution in [3.05, 3.63) is 46.0 Å². The minimum atomic E-state index is -0.312. The van der Waals surface area contributed by atoms with Crippen LogP contribution in [0, 0.1) is 9.39 Å². The Morgan fingerprint density at radius 1 is 1.26 bits per heavy atom. The molecule has 4 rings (SSSR count). The highest BCUT2D eigenvalue weighted by Gasteiger charge is 2.17. The zero-order valence-corrected chi connectivity index (χ0v) is 17.3. The van der Waals surface area contributed by atoms with E-state index in [1.807, 2.05) is 12.1 Å². The predicted molar refractivity (Wildman–Crippen MR) is 113 cm³/mol. The minimum absolute atomic E-state index is 0.236. The fraction of sp³-hybridized carbons (Fsp3) is 0.278. The molecule has 1 fully saturated rings. The summed E-state index contributed by atoms with van der Waals surface area (Å²) in [5, 5.41) is 16.4. The molecule has 140 valence electrons. The van der Waals surface area contributed by atoms with E-state index in [-0.39, 0.29) is 11.9 Å². The van der Waals surface area contributed by atoms with Crippen molar-refractivity contribution >= 4 is 50.4 Å². The smallest absolute Gasteiger partial charge is 0.206 e. The summed E-state index contributed by atoms with van der Waals surface area (Å²) < 4.78 is 20.6. The van der Waals surface area contributed by atoms with Crippen molar-refractivity contribution in [1.29, 1.82) is 0 Å². The molecular weight excluding hydrogens is 480 g/mol. The van der Waals surface area contributed by atoms with Crippen LogP contribution >= 0.6 is 33.9 Å². The normalized spacial score (nSPS) is 16.4. The van der Waals surface area contributed by atoms with Crippen LogP contribution in [0.25, 0.3) is 10.6 Å². The molecular formula is C18H17FIN5OS. The molecule has 1 aliphatic heterocycles. The fourth-order valence-electron chi connectivity index (χ4n) is 2.83. The SMILES string of the molecule is Fc1cc(I)ccc1Nc1cnccc1-c1nnc(NCC2CCCO2)s1. The van der Waals surface area contributed by atoms with Crippen LogP contribution in [-0.2, 0) is 4.74 Å². The Labute approximate surface area is 173 Å². The van der Waals surface area contributed by atoms with Crippen LogP contribution in [0.1, 0.15) is 12.8 Å². The Hall–Kier alpha value is -1.85. The Kier molecular flexibility index (Phi) is 5.79. The number of benzene rings is 1. The number of nitrogens with zero attached hydrogens (tertiary/aromatic N) is 3. The molecule has 1 aromatic carbocycles. The zero-order chi connectivity index (χ0) is 18.6. The molecule has 3 heterocycles. The Bertz CT molecular complexity index is 932. The number of anilines is 3. The Balaban J connectivity index is 1.52. The van der Waals surface area contributed by atoms with E-state index in [9.17, 15) is 4.39 Å². The molecule has 0 bridgehead atoms.